The van der Waals surface area contributed by atoms with Gasteiger partial charge in [0, 0.05) is 44.3 Å². The van der Waals surface area contributed by atoms with Crippen LogP contribution in [0.3, 0.4) is 0 Å². The van der Waals surface area contributed by atoms with Crippen molar-refractivity contribution in [2.24, 2.45) is 0 Å². The van der Waals surface area contributed by atoms with Gasteiger partial charge in [-0.25, -0.2) is 0 Å². The molecule has 3 nitrogen and oxygen atoms in total. The monoisotopic (exact) mass is 257 g/mol. The Hall–Kier alpha value is -0.120. The summed E-state index contributed by atoms with van der Waals surface area (Å²) in [6.07, 6.45) is 0. The molecule has 0 aliphatic rings. The lowest BCUT2D eigenvalue weighted by Gasteiger charge is -2.31. The second kappa shape index (κ2) is 9.76. The summed E-state index contributed by atoms with van der Waals surface area (Å²) in [6.45, 7) is 21.5. The quantitative estimate of drug-likeness (QED) is 0.606. The molecule has 0 unspecified atom stereocenters. The zero-order chi connectivity index (χ0) is 14.1. The minimum absolute atomic E-state index is 0.634. The second-order valence-electron chi connectivity index (χ2n) is 5.90. The van der Waals surface area contributed by atoms with E-state index < -0.39 is 0 Å². The molecule has 0 heterocycles. The van der Waals surface area contributed by atoms with Gasteiger partial charge in [-0.1, -0.05) is 6.92 Å². The topological polar surface area (TPSA) is 18.5 Å². The van der Waals surface area contributed by atoms with E-state index in [0.29, 0.717) is 18.1 Å². The van der Waals surface area contributed by atoms with Crippen molar-refractivity contribution >= 4 is 0 Å². The highest BCUT2D eigenvalue weighted by atomic mass is 15.2. The normalized spacial score (nSPS) is 12.7. The molecule has 1 N–H and O–H groups in total. The van der Waals surface area contributed by atoms with Crippen LogP contribution in [0, 0.1) is 0 Å². The van der Waals surface area contributed by atoms with Gasteiger partial charge in [0.1, 0.15) is 0 Å². The van der Waals surface area contributed by atoms with Gasteiger partial charge in [-0.15, -0.1) is 0 Å². The van der Waals surface area contributed by atoms with Crippen molar-refractivity contribution < 1.29 is 0 Å². The Morgan fingerprint density at radius 2 is 1.28 bits per heavy atom. The molecule has 18 heavy (non-hydrogen) atoms. The standard InChI is InChI=1S/C15H35N3/c1-8-17(13(2)3)11-9-16-10-12-18(14(4)5)15(6)7/h13-16H,8-12H2,1-7H3. The van der Waals surface area contributed by atoms with Gasteiger partial charge in [-0.3, -0.25) is 9.80 Å². The van der Waals surface area contributed by atoms with Crippen molar-refractivity contribution in [2.45, 2.75) is 66.6 Å². The minimum atomic E-state index is 0.634. The second-order valence-corrected chi connectivity index (χ2v) is 5.90. The van der Waals surface area contributed by atoms with Gasteiger partial charge < -0.3 is 5.32 Å². The summed E-state index contributed by atoms with van der Waals surface area (Å²) in [5.74, 6) is 0. The highest BCUT2D eigenvalue weighted by Crippen LogP contribution is 2.03. The number of hydrogen-bond donors (Lipinski definition) is 1. The maximum atomic E-state index is 3.56. The van der Waals surface area contributed by atoms with Crippen LogP contribution in [0.1, 0.15) is 48.5 Å². The van der Waals surface area contributed by atoms with E-state index in [2.05, 4.69) is 63.6 Å². The molecule has 0 aromatic rings. The Bertz CT molecular complexity index is 182. The van der Waals surface area contributed by atoms with Crippen molar-refractivity contribution in [3.63, 3.8) is 0 Å². The van der Waals surface area contributed by atoms with Crippen molar-refractivity contribution in [3.8, 4) is 0 Å². The molecule has 3 heteroatoms. The predicted octanol–water partition coefficient (Wildman–Crippen LogP) is 2.43. The number of hydrogen-bond acceptors (Lipinski definition) is 3. The maximum Gasteiger partial charge on any atom is 0.0112 e. The molecule has 0 saturated carbocycles. The fourth-order valence-corrected chi connectivity index (χ4v) is 2.45. The molecule has 0 fully saturated rings. The first-order valence-electron chi connectivity index (χ1n) is 7.60. The molecule has 0 radical (unpaired) electrons. The number of nitrogens with zero attached hydrogens (tertiary/aromatic N) is 2. The third-order valence-electron chi connectivity index (χ3n) is 3.59. The van der Waals surface area contributed by atoms with E-state index in [9.17, 15) is 0 Å². The fraction of sp³-hybridized carbons (Fsp3) is 1.00. The zero-order valence-corrected chi connectivity index (χ0v) is 13.7. The average molecular weight is 257 g/mol. The minimum Gasteiger partial charge on any atom is -0.314 e. The fourth-order valence-electron chi connectivity index (χ4n) is 2.45. The van der Waals surface area contributed by atoms with E-state index >= 15 is 0 Å². The Kier molecular flexibility index (Phi) is 9.70. The van der Waals surface area contributed by atoms with Crippen LogP contribution in [0.2, 0.25) is 0 Å². The predicted molar refractivity (Wildman–Crippen MR) is 82.2 cm³/mol. The number of nitrogens with one attached hydrogen (secondary N) is 1. The molecule has 0 bridgehead atoms. The Morgan fingerprint density at radius 1 is 0.778 bits per heavy atom. The van der Waals surface area contributed by atoms with Crippen molar-refractivity contribution in [1.29, 1.82) is 0 Å². The van der Waals surface area contributed by atoms with Crippen LogP contribution >= 0.6 is 0 Å². The Balaban J connectivity index is 3.72. The maximum absolute atomic E-state index is 3.56. The SMILES string of the molecule is CCN(CCNCCN(C(C)C)C(C)C)C(C)C. The smallest absolute Gasteiger partial charge is 0.0112 e. The highest BCUT2D eigenvalue weighted by molar-refractivity contribution is 4.69. The van der Waals surface area contributed by atoms with Gasteiger partial charge in [-0.05, 0) is 48.1 Å². The Morgan fingerprint density at radius 3 is 1.67 bits per heavy atom. The molecule has 0 aromatic carbocycles. The lowest BCUT2D eigenvalue weighted by molar-refractivity contribution is 0.173. The molecule has 0 aliphatic heterocycles. The van der Waals surface area contributed by atoms with Gasteiger partial charge in [0.15, 0.2) is 0 Å². The zero-order valence-electron chi connectivity index (χ0n) is 13.7. The molecule has 0 rings (SSSR count). The first kappa shape index (κ1) is 17.9. The summed E-state index contributed by atoms with van der Waals surface area (Å²) in [4.78, 5) is 5.03. The third kappa shape index (κ3) is 7.34. The van der Waals surface area contributed by atoms with Crippen LogP contribution in [0.4, 0.5) is 0 Å². The van der Waals surface area contributed by atoms with Crippen LogP contribution in [0.25, 0.3) is 0 Å². The molecule has 0 amide bonds. The first-order valence-corrected chi connectivity index (χ1v) is 7.60. The van der Waals surface area contributed by atoms with E-state index in [1.165, 1.54) is 0 Å². The molecule has 0 spiro atoms. The lowest BCUT2D eigenvalue weighted by Crippen LogP contribution is -2.43. The summed E-state index contributed by atoms with van der Waals surface area (Å²) < 4.78 is 0. The summed E-state index contributed by atoms with van der Waals surface area (Å²) in [6, 6.07) is 1.92. The van der Waals surface area contributed by atoms with E-state index in [1.54, 1.807) is 0 Å². The molecule has 0 saturated heterocycles. The van der Waals surface area contributed by atoms with E-state index in [1.807, 2.05) is 0 Å². The van der Waals surface area contributed by atoms with Crippen molar-refractivity contribution in [2.75, 3.05) is 32.7 Å². The summed E-state index contributed by atoms with van der Waals surface area (Å²) in [5, 5.41) is 3.56. The van der Waals surface area contributed by atoms with E-state index in [-0.39, 0.29) is 0 Å². The molecule has 110 valence electrons. The van der Waals surface area contributed by atoms with Gasteiger partial charge >= 0.3 is 0 Å². The molecular formula is C15H35N3. The van der Waals surface area contributed by atoms with Crippen LogP contribution in [-0.2, 0) is 0 Å². The van der Waals surface area contributed by atoms with Crippen LogP contribution in [-0.4, -0.2) is 60.6 Å². The Labute approximate surface area is 115 Å². The summed E-state index contributed by atoms with van der Waals surface area (Å²) in [5.41, 5.74) is 0. The van der Waals surface area contributed by atoms with Gasteiger partial charge in [-0.2, -0.15) is 0 Å². The third-order valence-corrected chi connectivity index (χ3v) is 3.59. The average Bonchev–Trinajstić information content (AvgIpc) is 2.26. The first-order chi connectivity index (χ1) is 8.40. The van der Waals surface area contributed by atoms with Crippen molar-refractivity contribution in [3.05, 3.63) is 0 Å². The molecule has 0 aliphatic carbocycles. The van der Waals surface area contributed by atoms with Crippen LogP contribution in [0.15, 0.2) is 0 Å². The van der Waals surface area contributed by atoms with E-state index in [4.69, 9.17) is 0 Å². The number of rotatable bonds is 10. The van der Waals surface area contributed by atoms with Gasteiger partial charge in [0.05, 0.1) is 0 Å². The summed E-state index contributed by atoms with van der Waals surface area (Å²) >= 11 is 0. The van der Waals surface area contributed by atoms with Crippen LogP contribution in [0.5, 0.6) is 0 Å². The van der Waals surface area contributed by atoms with E-state index in [0.717, 1.165) is 32.7 Å². The summed E-state index contributed by atoms with van der Waals surface area (Å²) in [7, 11) is 0. The molecule has 0 atom stereocenters. The number of likely N-dealkylation sites (N-methyl/N-ethyl adjacent to an activating group) is 1. The highest BCUT2D eigenvalue weighted by Gasteiger charge is 2.12. The molecular weight excluding hydrogens is 222 g/mol. The molecule has 0 aromatic heterocycles. The van der Waals surface area contributed by atoms with Crippen molar-refractivity contribution in [1.82, 2.24) is 15.1 Å². The van der Waals surface area contributed by atoms with Gasteiger partial charge in [0.2, 0.25) is 0 Å². The van der Waals surface area contributed by atoms with Crippen LogP contribution < -0.4 is 5.32 Å². The largest absolute Gasteiger partial charge is 0.314 e. The lowest BCUT2D eigenvalue weighted by atomic mass is 10.2. The van der Waals surface area contributed by atoms with Gasteiger partial charge in [0.25, 0.3) is 0 Å².